The van der Waals surface area contributed by atoms with Gasteiger partial charge in [0.15, 0.2) is 11.8 Å². The molecule has 1 saturated heterocycles. The summed E-state index contributed by atoms with van der Waals surface area (Å²) in [5.74, 6) is 0.145. The maximum atomic E-state index is 11.9. The number of rotatable bonds is 5. The van der Waals surface area contributed by atoms with E-state index in [4.69, 9.17) is 11.5 Å². The van der Waals surface area contributed by atoms with Crippen molar-refractivity contribution < 1.29 is 9.32 Å². The number of guanidine groups is 1. The lowest BCUT2D eigenvalue weighted by Gasteiger charge is -2.07. The van der Waals surface area contributed by atoms with E-state index in [1.807, 2.05) is 46.9 Å². The highest BCUT2D eigenvalue weighted by Gasteiger charge is 2.10. The summed E-state index contributed by atoms with van der Waals surface area (Å²) in [4.78, 5) is 14.6. The maximum Gasteiger partial charge on any atom is 0.192 e. The van der Waals surface area contributed by atoms with Crippen molar-refractivity contribution in [1.82, 2.24) is 19.6 Å². The number of nitrogens with one attached hydrogen (secondary N) is 1. The third-order valence-electron chi connectivity index (χ3n) is 4.34. The highest BCUT2D eigenvalue weighted by atomic mass is 32.2. The molecule has 1 aromatic carbocycles. The zero-order valence-electron chi connectivity index (χ0n) is 22.7. The molecular formula is C26H43N7O2S. The summed E-state index contributed by atoms with van der Waals surface area (Å²) in [7, 11) is 0.774. The van der Waals surface area contributed by atoms with Gasteiger partial charge in [0, 0.05) is 42.8 Å². The number of aliphatic imine (C=N–C) groups is 1. The monoisotopic (exact) mass is 517 g/mol. The van der Waals surface area contributed by atoms with Gasteiger partial charge >= 0.3 is 0 Å². The molecule has 9 nitrogen and oxygen atoms in total. The predicted molar refractivity (Wildman–Crippen MR) is 153 cm³/mol. The van der Waals surface area contributed by atoms with Crippen molar-refractivity contribution in [1.29, 1.82) is 0 Å². The van der Waals surface area contributed by atoms with Crippen molar-refractivity contribution >= 4 is 33.5 Å². The second-order valence-electron chi connectivity index (χ2n) is 7.00. The summed E-state index contributed by atoms with van der Waals surface area (Å²) < 4.78 is 14.7. The highest BCUT2D eigenvalue weighted by molar-refractivity contribution is 7.83. The van der Waals surface area contributed by atoms with Gasteiger partial charge in [0.25, 0.3) is 0 Å². The molecule has 1 aliphatic heterocycles. The number of aromatic hydroxyl groups is 1. The lowest BCUT2D eigenvalue weighted by molar-refractivity contribution is 0.479. The largest absolute Gasteiger partial charge is 0.506 e. The number of aromatic nitrogens is 2. The molecule has 4 rings (SSSR count). The number of hydrogen-bond donors (Lipinski definition) is 4. The number of hydrogen-bond acceptors (Lipinski definition) is 6. The van der Waals surface area contributed by atoms with Gasteiger partial charge in [-0.15, -0.1) is 0 Å². The zero-order chi connectivity index (χ0) is 27.5. The molecule has 200 valence electrons. The molecule has 0 amide bonds. The van der Waals surface area contributed by atoms with Crippen LogP contribution in [0.25, 0.3) is 10.8 Å². The average molecular weight is 518 g/mol. The summed E-state index contributed by atoms with van der Waals surface area (Å²) in [6.45, 7) is 15.2. The van der Waals surface area contributed by atoms with Gasteiger partial charge in [0.2, 0.25) is 0 Å². The molecule has 0 aliphatic carbocycles. The molecule has 1 unspecified atom stereocenters. The first kappa shape index (κ1) is 32.9. The van der Waals surface area contributed by atoms with E-state index in [2.05, 4.69) is 44.6 Å². The van der Waals surface area contributed by atoms with E-state index in [0.29, 0.717) is 22.2 Å². The van der Waals surface area contributed by atoms with Crippen LogP contribution in [-0.4, -0.2) is 56.8 Å². The first-order chi connectivity index (χ1) is 17.3. The van der Waals surface area contributed by atoms with Crippen molar-refractivity contribution in [3.63, 3.8) is 0 Å². The van der Waals surface area contributed by atoms with E-state index in [9.17, 15) is 9.32 Å². The number of aryl methyl sites for hydroxylation is 1. The molecule has 3 aromatic rings. The van der Waals surface area contributed by atoms with Gasteiger partial charge in [-0.25, -0.2) is 13.9 Å². The smallest absolute Gasteiger partial charge is 0.192 e. The molecule has 36 heavy (non-hydrogen) atoms. The van der Waals surface area contributed by atoms with Crippen LogP contribution in [0.15, 0.2) is 58.8 Å². The van der Waals surface area contributed by atoms with E-state index in [1.54, 1.807) is 24.4 Å². The maximum absolute atomic E-state index is 11.9. The van der Waals surface area contributed by atoms with Crippen molar-refractivity contribution in [2.24, 2.45) is 16.5 Å². The standard InChI is InChI=1S/C12H15N5O2S.C7H9N.C3H7N.2C2H6/c1-2-16-20(19)7-3-4-8-9(5-7)11(17-12(13)14)15-6-10(8)18;1-2-7-4-3-5-8-6-7;1-4-2-3-4;2*1-2/h3-6,16,18H,2H2,1H3,(H4,13,14,15,17);3-6H,2H2,1H3;2-3H2,1H3;2*1-2H3. The number of likely N-dealkylation sites (N-methyl/N-ethyl adjacent to an activating group) is 1. The van der Waals surface area contributed by atoms with Crippen molar-refractivity contribution in [3.8, 4) is 5.75 Å². The second-order valence-corrected chi connectivity index (χ2v) is 8.29. The molecule has 1 atom stereocenters. The summed E-state index contributed by atoms with van der Waals surface area (Å²) in [6.07, 6.45) is 6.03. The predicted octanol–water partition coefficient (Wildman–Crippen LogP) is 4.11. The summed E-state index contributed by atoms with van der Waals surface area (Å²) in [6, 6.07) is 9.00. The van der Waals surface area contributed by atoms with Crippen molar-refractivity contribution in [2.45, 2.75) is 52.9 Å². The Bertz CT molecular complexity index is 1050. The summed E-state index contributed by atoms with van der Waals surface area (Å²) in [5.41, 5.74) is 12.0. The lowest BCUT2D eigenvalue weighted by atomic mass is 10.1. The number of benzene rings is 1. The van der Waals surface area contributed by atoms with E-state index >= 15 is 0 Å². The van der Waals surface area contributed by atoms with Crippen LogP contribution >= 0.6 is 0 Å². The van der Waals surface area contributed by atoms with Gasteiger partial charge in [-0.1, -0.05) is 47.6 Å². The number of nitrogens with zero attached hydrogens (tertiary/aromatic N) is 4. The van der Waals surface area contributed by atoms with Gasteiger partial charge < -0.3 is 21.5 Å². The zero-order valence-corrected chi connectivity index (χ0v) is 23.5. The van der Waals surface area contributed by atoms with Gasteiger partial charge in [0.1, 0.15) is 16.7 Å². The van der Waals surface area contributed by atoms with Crippen LogP contribution in [0.1, 0.15) is 47.1 Å². The molecule has 0 spiro atoms. The lowest BCUT2D eigenvalue weighted by Crippen LogP contribution is -2.22. The first-order valence-electron chi connectivity index (χ1n) is 12.3. The quantitative estimate of drug-likeness (QED) is 0.227. The molecule has 2 aromatic heterocycles. The minimum atomic E-state index is -1.34. The second kappa shape index (κ2) is 19.1. The molecule has 0 radical (unpaired) electrons. The third-order valence-corrected chi connectivity index (χ3v) is 5.58. The normalized spacial score (nSPS) is 12.1. The Morgan fingerprint density at radius 2 is 1.75 bits per heavy atom. The Morgan fingerprint density at radius 1 is 1.11 bits per heavy atom. The Kier molecular flexibility index (Phi) is 17.5. The first-order valence-corrected chi connectivity index (χ1v) is 13.4. The minimum Gasteiger partial charge on any atom is -0.506 e. The third kappa shape index (κ3) is 12.6. The van der Waals surface area contributed by atoms with Crippen LogP contribution in [0, 0.1) is 0 Å². The van der Waals surface area contributed by atoms with E-state index in [1.165, 1.54) is 24.8 Å². The fraction of sp³-hybridized carbons (Fsp3) is 0.423. The van der Waals surface area contributed by atoms with Crippen molar-refractivity contribution in [3.05, 3.63) is 54.5 Å². The molecule has 6 N–H and O–H groups in total. The van der Waals surface area contributed by atoms with Gasteiger partial charge in [-0.2, -0.15) is 4.99 Å². The van der Waals surface area contributed by atoms with Crippen LogP contribution in [0.4, 0.5) is 5.82 Å². The molecular weight excluding hydrogens is 474 g/mol. The Hall–Kier alpha value is -3.08. The highest BCUT2D eigenvalue weighted by Crippen LogP contribution is 2.31. The molecule has 1 fully saturated rings. The average Bonchev–Trinajstić information content (AvgIpc) is 3.71. The Morgan fingerprint density at radius 3 is 2.19 bits per heavy atom. The number of fused-ring (bicyclic) bond motifs is 1. The van der Waals surface area contributed by atoms with E-state index in [-0.39, 0.29) is 17.5 Å². The fourth-order valence-corrected chi connectivity index (χ4v) is 3.29. The number of nitrogens with two attached hydrogens (primary N) is 2. The van der Waals surface area contributed by atoms with Crippen LogP contribution < -0.4 is 16.2 Å². The van der Waals surface area contributed by atoms with Gasteiger partial charge in [-0.3, -0.25) is 4.98 Å². The Balaban J connectivity index is 0.000000624. The van der Waals surface area contributed by atoms with Crippen LogP contribution in [0.5, 0.6) is 5.75 Å². The molecule has 0 bridgehead atoms. The fourth-order valence-electron chi connectivity index (χ4n) is 2.44. The topological polar surface area (TPSA) is 143 Å². The molecule has 3 heterocycles. The van der Waals surface area contributed by atoms with Crippen LogP contribution in [-0.2, 0) is 17.4 Å². The SMILES string of the molecule is CC.CC.CCNS(=O)c1ccc2c(O)cnc(N=C(N)N)c2c1.CCc1cccnc1.CN1CC1. The van der Waals surface area contributed by atoms with Crippen molar-refractivity contribution in [2.75, 3.05) is 26.7 Å². The summed E-state index contributed by atoms with van der Waals surface area (Å²) in [5, 5.41) is 10.9. The van der Waals surface area contributed by atoms with Gasteiger partial charge in [-0.05, 0) is 43.3 Å². The molecule has 0 saturated carbocycles. The minimum absolute atomic E-state index is 0.00956. The summed E-state index contributed by atoms with van der Waals surface area (Å²) >= 11 is 0. The van der Waals surface area contributed by atoms with E-state index < -0.39 is 11.0 Å². The molecule has 10 heteroatoms. The molecule has 1 aliphatic rings. The van der Waals surface area contributed by atoms with Gasteiger partial charge in [0.05, 0.1) is 11.1 Å². The van der Waals surface area contributed by atoms with Crippen LogP contribution in [0.2, 0.25) is 0 Å². The van der Waals surface area contributed by atoms with Crippen LogP contribution in [0.3, 0.4) is 0 Å². The number of pyridine rings is 2. The van der Waals surface area contributed by atoms with E-state index in [0.717, 1.165) is 6.42 Å². The Labute approximate surface area is 218 Å².